The van der Waals surface area contributed by atoms with Gasteiger partial charge in [0.15, 0.2) is 0 Å². The van der Waals surface area contributed by atoms with Gasteiger partial charge in [-0.3, -0.25) is 4.79 Å². The van der Waals surface area contributed by atoms with Gasteiger partial charge in [0.1, 0.15) is 11.9 Å². The first kappa shape index (κ1) is 10.5. The molecule has 3 nitrogen and oxygen atoms in total. The molecule has 2 fully saturated rings. The van der Waals surface area contributed by atoms with Crippen molar-refractivity contribution in [3.05, 3.63) is 35.9 Å². The third-order valence-corrected chi connectivity index (χ3v) is 3.87. The third kappa shape index (κ3) is 1.75. The van der Waals surface area contributed by atoms with E-state index in [4.69, 9.17) is 4.74 Å². The Morgan fingerprint density at radius 2 is 1.94 bits per heavy atom. The SMILES string of the molecule is O=C(O[C@@H]1CC[C@@H]2C(=O)C[C@@H]21)c1ccccc1. The number of hydrogen-bond donors (Lipinski definition) is 0. The zero-order chi connectivity index (χ0) is 11.8. The van der Waals surface area contributed by atoms with Crippen LogP contribution in [0.1, 0.15) is 29.6 Å². The number of benzene rings is 1. The summed E-state index contributed by atoms with van der Waals surface area (Å²) in [5.41, 5.74) is 0.585. The molecule has 0 bridgehead atoms. The lowest BCUT2D eigenvalue weighted by molar-refractivity contribution is -0.135. The Bertz CT molecular complexity index is 452. The first-order valence-electron chi connectivity index (χ1n) is 6.04. The first-order valence-corrected chi connectivity index (χ1v) is 6.04. The zero-order valence-corrected chi connectivity index (χ0v) is 9.46. The molecule has 0 heterocycles. The Hall–Kier alpha value is -1.64. The molecule has 0 saturated heterocycles. The average molecular weight is 230 g/mol. The van der Waals surface area contributed by atoms with Crippen LogP contribution in [0.4, 0.5) is 0 Å². The molecule has 0 spiro atoms. The van der Waals surface area contributed by atoms with Gasteiger partial charge in [-0.25, -0.2) is 4.79 Å². The molecule has 17 heavy (non-hydrogen) atoms. The van der Waals surface area contributed by atoms with Crippen molar-refractivity contribution < 1.29 is 14.3 Å². The predicted molar refractivity (Wildman–Crippen MR) is 61.5 cm³/mol. The fourth-order valence-electron chi connectivity index (χ4n) is 2.85. The predicted octanol–water partition coefficient (Wildman–Crippen LogP) is 2.21. The summed E-state index contributed by atoms with van der Waals surface area (Å²) < 4.78 is 5.49. The molecule has 0 N–H and O–H groups in total. The van der Waals surface area contributed by atoms with Crippen molar-refractivity contribution in [1.29, 1.82) is 0 Å². The Labute approximate surface area is 99.8 Å². The summed E-state index contributed by atoms with van der Waals surface area (Å²) in [6.45, 7) is 0. The molecule has 2 saturated carbocycles. The quantitative estimate of drug-likeness (QED) is 0.731. The fourth-order valence-corrected chi connectivity index (χ4v) is 2.85. The number of carbonyl (C=O) groups excluding carboxylic acids is 2. The van der Waals surface area contributed by atoms with Crippen LogP contribution in [-0.2, 0) is 9.53 Å². The van der Waals surface area contributed by atoms with Crippen molar-refractivity contribution in [1.82, 2.24) is 0 Å². The van der Waals surface area contributed by atoms with Gasteiger partial charge in [0.25, 0.3) is 0 Å². The van der Waals surface area contributed by atoms with Gasteiger partial charge in [0.2, 0.25) is 0 Å². The van der Waals surface area contributed by atoms with Crippen LogP contribution in [-0.4, -0.2) is 17.9 Å². The van der Waals surface area contributed by atoms with Crippen molar-refractivity contribution in [3.63, 3.8) is 0 Å². The van der Waals surface area contributed by atoms with E-state index < -0.39 is 0 Å². The van der Waals surface area contributed by atoms with Crippen LogP contribution < -0.4 is 0 Å². The lowest BCUT2D eigenvalue weighted by atomic mass is 9.74. The number of carbonyl (C=O) groups is 2. The molecular weight excluding hydrogens is 216 g/mol. The Morgan fingerprint density at radius 3 is 2.59 bits per heavy atom. The van der Waals surface area contributed by atoms with Gasteiger partial charge in [-0.05, 0) is 25.0 Å². The highest BCUT2D eigenvalue weighted by Gasteiger charge is 2.50. The van der Waals surface area contributed by atoms with Gasteiger partial charge in [0, 0.05) is 18.3 Å². The van der Waals surface area contributed by atoms with Gasteiger partial charge in [0.05, 0.1) is 5.56 Å². The maximum absolute atomic E-state index is 11.9. The Balaban J connectivity index is 1.65. The number of esters is 1. The van der Waals surface area contributed by atoms with E-state index >= 15 is 0 Å². The van der Waals surface area contributed by atoms with Crippen molar-refractivity contribution in [2.45, 2.75) is 25.4 Å². The maximum Gasteiger partial charge on any atom is 0.338 e. The summed E-state index contributed by atoms with van der Waals surface area (Å²) in [5, 5.41) is 0. The largest absolute Gasteiger partial charge is 0.458 e. The minimum Gasteiger partial charge on any atom is -0.458 e. The Kier molecular flexibility index (Phi) is 2.46. The molecular formula is C14H14O3. The normalized spacial score (nSPS) is 30.6. The Morgan fingerprint density at radius 1 is 1.18 bits per heavy atom. The molecule has 0 radical (unpaired) electrons. The van der Waals surface area contributed by atoms with E-state index in [1.54, 1.807) is 12.1 Å². The van der Waals surface area contributed by atoms with Gasteiger partial charge >= 0.3 is 5.97 Å². The number of ether oxygens (including phenoxy) is 1. The molecule has 0 aliphatic heterocycles. The van der Waals surface area contributed by atoms with Crippen LogP contribution in [0.3, 0.4) is 0 Å². The molecule has 88 valence electrons. The topological polar surface area (TPSA) is 43.4 Å². The third-order valence-electron chi connectivity index (χ3n) is 3.87. The molecule has 1 aromatic rings. The monoisotopic (exact) mass is 230 g/mol. The number of ketones is 1. The summed E-state index contributed by atoms with van der Waals surface area (Å²) in [7, 11) is 0. The average Bonchev–Trinajstić information content (AvgIpc) is 2.67. The minimum absolute atomic E-state index is 0.0505. The van der Waals surface area contributed by atoms with Gasteiger partial charge in [-0.1, -0.05) is 18.2 Å². The van der Waals surface area contributed by atoms with Crippen LogP contribution in [0, 0.1) is 11.8 Å². The summed E-state index contributed by atoms with van der Waals surface area (Å²) in [5.74, 6) is 0.530. The highest BCUT2D eigenvalue weighted by molar-refractivity contribution is 5.90. The summed E-state index contributed by atoms with van der Waals surface area (Å²) >= 11 is 0. The van der Waals surface area contributed by atoms with Crippen molar-refractivity contribution in [2.75, 3.05) is 0 Å². The first-order chi connectivity index (χ1) is 8.25. The van der Waals surface area contributed by atoms with E-state index in [9.17, 15) is 9.59 Å². The van der Waals surface area contributed by atoms with E-state index in [2.05, 4.69) is 0 Å². The number of Topliss-reactive ketones (excluding diaryl/α,β-unsaturated/α-hetero) is 1. The van der Waals surface area contributed by atoms with Crippen LogP contribution in [0.15, 0.2) is 30.3 Å². The van der Waals surface area contributed by atoms with Gasteiger partial charge in [-0.15, -0.1) is 0 Å². The molecule has 3 atom stereocenters. The number of fused-ring (bicyclic) bond motifs is 1. The highest BCUT2D eigenvalue weighted by atomic mass is 16.5. The van der Waals surface area contributed by atoms with E-state index in [1.165, 1.54) is 0 Å². The lowest BCUT2D eigenvalue weighted by Gasteiger charge is -2.31. The molecule has 2 aliphatic rings. The highest BCUT2D eigenvalue weighted by Crippen LogP contribution is 2.45. The number of hydrogen-bond acceptors (Lipinski definition) is 3. The summed E-state index contributed by atoms with van der Waals surface area (Å²) in [6, 6.07) is 9.01. The van der Waals surface area contributed by atoms with E-state index in [0.717, 1.165) is 12.8 Å². The van der Waals surface area contributed by atoms with Crippen LogP contribution >= 0.6 is 0 Å². The smallest absolute Gasteiger partial charge is 0.338 e. The summed E-state index contributed by atoms with van der Waals surface area (Å²) in [6.07, 6.45) is 2.26. The second-order valence-electron chi connectivity index (χ2n) is 4.83. The second kappa shape index (κ2) is 3.99. The zero-order valence-electron chi connectivity index (χ0n) is 9.46. The number of rotatable bonds is 2. The van der Waals surface area contributed by atoms with Crippen LogP contribution in [0.2, 0.25) is 0 Å². The molecule has 0 amide bonds. The van der Waals surface area contributed by atoms with Gasteiger partial charge < -0.3 is 4.74 Å². The van der Waals surface area contributed by atoms with E-state index in [1.807, 2.05) is 18.2 Å². The molecule has 3 rings (SSSR count). The summed E-state index contributed by atoms with van der Waals surface area (Å²) in [4.78, 5) is 23.1. The van der Waals surface area contributed by atoms with E-state index in [0.29, 0.717) is 17.8 Å². The second-order valence-corrected chi connectivity index (χ2v) is 4.83. The minimum atomic E-state index is -0.268. The molecule has 1 aromatic carbocycles. The molecule has 2 aliphatic carbocycles. The van der Waals surface area contributed by atoms with Crippen molar-refractivity contribution in [3.8, 4) is 0 Å². The molecule has 0 aromatic heterocycles. The van der Waals surface area contributed by atoms with Gasteiger partial charge in [-0.2, -0.15) is 0 Å². The van der Waals surface area contributed by atoms with Crippen LogP contribution in [0.5, 0.6) is 0 Å². The lowest BCUT2D eigenvalue weighted by Crippen LogP contribution is -2.39. The van der Waals surface area contributed by atoms with Crippen molar-refractivity contribution in [2.24, 2.45) is 11.8 Å². The maximum atomic E-state index is 11.9. The van der Waals surface area contributed by atoms with Crippen molar-refractivity contribution >= 4 is 11.8 Å². The standard InChI is InChI=1S/C14H14O3/c15-12-8-11-10(12)6-7-13(11)17-14(16)9-4-2-1-3-5-9/h1-5,10-11,13H,6-8H2/t10-,11-,13+/m0/s1. The molecule has 0 unspecified atom stereocenters. The van der Waals surface area contributed by atoms with E-state index in [-0.39, 0.29) is 23.9 Å². The molecule has 3 heteroatoms. The van der Waals surface area contributed by atoms with Crippen LogP contribution in [0.25, 0.3) is 0 Å². The fraction of sp³-hybridized carbons (Fsp3) is 0.429.